The highest BCUT2D eigenvalue weighted by Crippen LogP contribution is 2.26. The summed E-state index contributed by atoms with van der Waals surface area (Å²) in [6.07, 6.45) is 0. The summed E-state index contributed by atoms with van der Waals surface area (Å²) in [6.45, 7) is 1.98. The Balaban J connectivity index is 3.01. The third-order valence-corrected chi connectivity index (χ3v) is 2.62. The van der Waals surface area contributed by atoms with E-state index in [1.54, 1.807) is 11.3 Å². The summed E-state index contributed by atoms with van der Waals surface area (Å²) >= 11 is 4.90. The summed E-state index contributed by atoms with van der Waals surface area (Å²) in [4.78, 5) is 4.15. The molecule has 1 aromatic heterocycles. The molecule has 0 bridgehead atoms. The average molecular weight is 207 g/mol. The van der Waals surface area contributed by atoms with Crippen LogP contribution in [0.15, 0.2) is 3.92 Å². The van der Waals surface area contributed by atoms with Crippen molar-refractivity contribution in [1.29, 1.82) is 0 Å². The van der Waals surface area contributed by atoms with Gasteiger partial charge in [0.1, 0.15) is 5.00 Å². The fourth-order valence-corrected chi connectivity index (χ4v) is 1.99. The highest BCUT2D eigenvalue weighted by Gasteiger charge is 2.00. The van der Waals surface area contributed by atoms with Gasteiger partial charge in [0.15, 0.2) is 3.92 Å². The molecule has 0 radical (unpaired) electrons. The van der Waals surface area contributed by atoms with E-state index in [9.17, 15) is 0 Å². The maximum Gasteiger partial charge on any atom is 0.161 e. The van der Waals surface area contributed by atoms with Crippen LogP contribution in [0.5, 0.6) is 0 Å². The van der Waals surface area contributed by atoms with Gasteiger partial charge in [0, 0.05) is 7.05 Å². The van der Waals surface area contributed by atoms with E-state index in [1.165, 1.54) is 0 Å². The monoisotopic (exact) mass is 206 g/mol. The zero-order valence-corrected chi connectivity index (χ0v) is 7.64. The number of thiazole rings is 1. The Kier molecular flexibility index (Phi) is 2.08. The third-order valence-electron chi connectivity index (χ3n) is 0.998. The van der Waals surface area contributed by atoms with Crippen LogP contribution in [0.3, 0.4) is 0 Å². The van der Waals surface area contributed by atoms with Gasteiger partial charge in [-0.2, -0.15) is 0 Å². The molecule has 1 heterocycles. The van der Waals surface area contributed by atoms with Gasteiger partial charge < -0.3 is 5.32 Å². The summed E-state index contributed by atoms with van der Waals surface area (Å²) in [7, 11) is 1.90. The quantitative estimate of drug-likeness (QED) is 0.763. The van der Waals surface area contributed by atoms with E-state index in [4.69, 9.17) is 0 Å². The molecule has 0 atom stereocenters. The Morgan fingerprint density at radius 2 is 2.33 bits per heavy atom. The van der Waals surface area contributed by atoms with Crippen LogP contribution in [0.1, 0.15) is 5.69 Å². The molecule has 9 heavy (non-hydrogen) atoms. The highest BCUT2D eigenvalue weighted by atomic mass is 79.9. The number of nitrogens with one attached hydrogen (secondary N) is 1. The molecule has 0 fully saturated rings. The summed E-state index contributed by atoms with van der Waals surface area (Å²) in [5.74, 6) is 0. The topological polar surface area (TPSA) is 24.9 Å². The molecule has 0 aliphatic heterocycles. The van der Waals surface area contributed by atoms with Crippen molar-refractivity contribution in [3.63, 3.8) is 0 Å². The van der Waals surface area contributed by atoms with Crippen LogP contribution in [0, 0.1) is 6.92 Å². The van der Waals surface area contributed by atoms with Crippen LogP contribution in [0.4, 0.5) is 5.00 Å². The molecule has 50 valence electrons. The van der Waals surface area contributed by atoms with Gasteiger partial charge in [0.2, 0.25) is 0 Å². The van der Waals surface area contributed by atoms with Crippen LogP contribution in [0.2, 0.25) is 0 Å². The lowest BCUT2D eigenvalue weighted by Crippen LogP contribution is -1.85. The molecule has 0 aliphatic rings. The van der Waals surface area contributed by atoms with E-state index in [0.29, 0.717) is 0 Å². The van der Waals surface area contributed by atoms with Gasteiger partial charge in [-0.3, -0.25) is 0 Å². The van der Waals surface area contributed by atoms with Crippen molar-refractivity contribution < 1.29 is 0 Å². The average Bonchev–Trinajstić information content (AvgIpc) is 2.10. The first kappa shape index (κ1) is 7.02. The Hall–Kier alpha value is -0.0900. The summed E-state index contributed by atoms with van der Waals surface area (Å²) in [5.41, 5.74) is 1.05. The number of hydrogen-bond acceptors (Lipinski definition) is 3. The van der Waals surface area contributed by atoms with Gasteiger partial charge in [-0.15, -0.1) is 0 Å². The number of hydrogen-bond donors (Lipinski definition) is 1. The summed E-state index contributed by atoms with van der Waals surface area (Å²) < 4.78 is 0.935. The van der Waals surface area contributed by atoms with Gasteiger partial charge in [-0.1, -0.05) is 11.3 Å². The first-order valence-electron chi connectivity index (χ1n) is 2.54. The van der Waals surface area contributed by atoms with Crippen molar-refractivity contribution >= 4 is 32.3 Å². The molecule has 0 saturated carbocycles. The molecular weight excluding hydrogens is 200 g/mol. The molecule has 0 unspecified atom stereocenters. The van der Waals surface area contributed by atoms with Crippen molar-refractivity contribution in [3.8, 4) is 0 Å². The van der Waals surface area contributed by atoms with Gasteiger partial charge in [0.25, 0.3) is 0 Å². The molecular formula is C5H7BrN2S. The maximum atomic E-state index is 4.15. The van der Waals surface area contributed by atoms with Crippen LogP contribution < -0.4 is 5.32 Å². The zero-order chi connectivity index (χ0) is 6.85. The minimum atomic E-state index is 0.935. The number of aryl methyl sites for hydroxylation is 1. The smallest absolute Gasteiger partial charge is 0.161 e. The Labute approximate surface area is 66.4 Å². The molecule has 1 rings (SSSR count). The first-order valence-corrected chi connectivity index (χ1v) is 4.15. The Morgan fingerprint density at radius 1 is 1.67 bits per heavy atom. The molecule has 1 aromatic rings. The standard InChI is InChI=1S/C5H7BrN2S/c1-3-4(7-2)9-5(6)8-3/h7H,1-2H3. The van der Waals surface area contributed by atoms with Crippen LogP contribution in [-0.2, 0) is 0 Å². The van der Waals surface area contributed by atoms with Crippen LogP contribution >= 0.6 is 27.3 Å². The molecule has 0 saturated heterocycles. The predicted octanol–water partition coefficient (Wildman–Crippen LogP) is 2.26. The first-order chi connectivity index (χ1) is 4.24. The largest absolute Gasteiger partial charge is 0.378 e. The molecule has 1 N–H and O–H groups in total. The Morgan fingerprint density at radius 3 is 2.56 bits per heavy atom. The third kappa shape index (κ3) is 1.43. The second-order valence-electron chi connectivity index (χ2n) is 1.63. The van der Waals surface area contributed by atoms with Crippen LogP contribution in [-0.4, -0.2) is 12.0 Å². The van der Waals surface area contributed by atoms with Crippen molar-refractivity contribution in [3.05, 3.63) is 9.61 Å². The number of halogens is 1. The maximum absolute atomic E-state index is 4.15. The van der Waals surface area contributed by atoms with E-state index >= 15 is 0 Å². The lowest BCUT2D eigenvalue weighted by molar-refractivity contribution is 1.24. The van der Waals surface area contributed by atoms with E-state index in [1.807, 2.05) is 14.0 Å². The van der Waals surface area contributed by atoms with Gasteiger partial charge in [0.05, 0.1) is 5.69 Å². The normalized spacial score (nSPS) is 9.67. The molecule has 4 heteroatoms. The van der Waals surface area contributed by atoms with Crippen molar-refractivity contribution in [2.45, 2.75) is 6.92 Å². The number of anilines is 1. The Bertz CT molecular complexity index is 209. The van der Waals surface area contributed by atoms with Gasteiger partial charge in [-0.05, 0) is 22.9 Å². The van der Waals surface area contributed by atoms with E-state index in [2.05, 4.69) is 26.2 Å². The van der Waals surface area contributed by atoms with Gasteiger partial charge >= 0.3 is 0 Å². The lowest BCUT2D eigenvalue weighted by Gasteiger charge is -1.90. The van der Waals surface area contributed by atoms with Crippen molar-refractivity contribution in [2.75, 3.05) is 12.4 Å². The van der Waals surface area contributed by atoms with E-state index in [-0.39, 0.29) is 0 Å². The number of nitrogens with zero attached hydrogens (tertiary/aromatic N) is 1. The second kappa shape index (κ2) is 2.66. The molecule has 0 aliphatic carbocycles. The number of rotatable bonds is 1. The fraction of sp³-hybridized carbons (Fsp3) is 0.400. The minimum absolute atomic E-state index is 0.935. The summed E-state index contributed by atoms with van der Waals surface area (Å²) in [5, 5.41) is 4.17. The fourth-order valence-electron chi connectivity index (χ4n) is 0.595. The van der Waals surface area contributed by atoms with Crippen molar-refractivity contribution in [1.82, 2.24) is 4.98 Å². The molecule has 0 aromatic carbocycles. The number of aromatic nitrogens is 1. The van der Waals surface area contributed by atoms with Crippen LogP contribution in [0.25, 0.3) is 0 Å². The SMILES string of the molecule is CNc1sc(Br)nc1C. The summed E-state index contributed by atoms with van der Waals surface area (Å²) in [6, 6.07) is 0. The molecule has 0 amide bonds. The molecule has 2 nitrogen and oxygen atoms in total. The molecule has 0 spiro atoms. The lowest BCUT2D eigenvalue weighted by atomic mass is 10.5. The van der Waals surface area contributed by atoms with Gasteiger partial charge in [-0.25, -0.2) is 4.98 Å². The van der Waals surface area contributed by atoms with E-state index < -0.39 is 0 Å². The predicted molar refractivity (Wildman–Crippen MR) is 44.1 cm³/mol. The van der Waals surface area contributed by atoms with E-state index in [0.717, 1.165) is 14.6 Å². The van der Waals surface area contributed by atoms with Crippen molar-refractivity contribution in [2.24, 2.45) is 0 Å². The second-order valence-corrected chi connectivity index (χ2v) is 3.91. The minimum Gasteiger partial charge on any atom is -0.378 e. The zero-order valence-electron chi connectivity index (χ0n) is 5.23. The highest BCUT2D eigenvalue weighted by molar-refractivity contribution is 9.11.